The van der Waals surface area contributed by atoms with Crippen molar-refractivity contribution in [1.82, 2.24) is 0 Å². The molecule has 0 spiro atoms. The maximum absolute atomic E-state index is 12.0. The zero-order valence-corrected chi connectivity index (χ0v) is 9.67. The number of nitrogens with one attached hydrogen (secondary N) is 1. The van der Waals surface area contributed by atoms with Crippen LogP contribution in [0.25, 0.3) is 0 Å². The van der Waals surface area contributed by atoms with E-state index in [1.54, 1.807) is 0 Å². The monoisotopic (exact) mass is 262 g/mol. The topological polar surface area (TPSA) is 68.3 Å². The van der Waals surface area contributed by atoms with Gasteiger partial charge < -0.3 is 15.2 Å². The van der Waals surface area contributed by atoms with Gasteiger partial charge in [-0.2, -0.15) is 13.2 Å². The standard InChI is InChI=1S/C11H13F3N2O2/c1-17-9-6-7(10(15)16)2-3-8(9)18-5-4-11(12,13)14/h2-3,6H,4-5H2,1H3,(H3,15,16). The third-order valence-corrected chi connectivity index (χ3v) is 2.12. The van der Waals surface area contributed by atoms with E-state index in [1.807, 2.05) is 0 Å². The summed E-state index contributed by atoms with van der Waals surface area (Å²) in [6.45, 7) is -0.487. The number of nitrogens with two attached hydrogens (primary N) is 1. The SMILES string of the molecule is COc1cc(C(=N)N)ccc1OCCC(F)(F)F. The van der Waals surface area contributed by atoms with Crippen molar-refractivity contribution in [1.29, 1.82) is 5.41 Å². The number of benzene rings is 1. The van der Waals surface area contributed by atoms with Crippen molar-refractivity contribution in [2.75, 3.05) is 13.7 Å². The highest BCUT2D eigenvalue weighted by Crippen LogP contribution is 2.29. The van der Waals surface area contributed by atoms with Crippen LogP contribution in [-0.4, -0.2) is 25.7 Å². The fourth-order valence-electron chi connectivity index (χ4n) is 1.23. The first-order valence-electron chi connectivity index (χ1n) is 5.05. The molecule has 0 aliphatic rings. The molecule has 0 aliphatic carbocycles. The van der Waals surface area contributed by atoms with Crippen LogP contribution in [0.3, 0.4) is 0 Å². The van der Waals surface area contributed by atoms with E-state index < -0.39 is 19.2 Å². The molecular formula is C11H13F3N2O2. The number of halogens is 3. The fraction of sp³-hybridized carbons (Fsp3) is 0.364. The van der Waals surface area contributed by atoms with Crippen LogP contribution in [0.15, 0.2) is 18.2 Å². The number of amidine groups is 1. The van der Waals surface area contributed by atoms with E-state index in [9.17, 15) is 13.2 Å². The summed E-state index contributed by atoms with van der Waals surface area (Å²) in [7, 11) is 1.36. The van der Waals surface area contributed by atoms with Gasteiger partial charge in [-0.3, -0.25) is 5.41 Å². The highest BCUT2D eigenvalue weighted by Gasteiger charge is 2.27. The van der Waals surface area contributed by atoms with E-state index in [1.165, 1.54) is 25.3 Å². The van der Waals surface area contributed by atoms with Gasteiger partial charge in [0, 0.05) is 5.56 Å². The average Bonchev–Trinajstić information content (AvgIpc) is 2.27. The lowest BCUT2D eigenvalue weighted by Crippen LogP contribution is -2.14. The van der Waals surface area contributed by atoms with Crippen LogP contribution in [0.4, 0.5) is 13.2 Å². The van der Waals surface area contributed by atoms with Gasteiger partial charge in [0.2, 0.25) is 0 Å². The van der Waals surface area contributed by atoms with Crippen LogP contribution in [-0.2, 0) is 0 Å². The molecule has 100 valence electrons. The zero-order chi connectivity index (χ0) is 13.8. The summed E-state index contributed by atoms with van der Waals surface area (Å²) in [5, 5.41) is 7.23. The Bertz CT molecular complexity index is 433. The quantitative estimate of drug-likeness (QED) is 0.632. The van der Waals surface area contributed by atoms with Crippen molar-refractivity contribution in [3.63, 3.8) is 0 Å². The molecule has 0 aromatic heterocycles. The van der Waals surface area contributed by atoms with Crippen LogP contribution in [0.5, 0.6) is 11.5 Å². The van der Waals surface area contributed by atoms with Crippen LogP contribution in [0, 0.1) is 5.41 Å². The van der Waals surface area contributed by atoms with Crippen LogP contribution >= 0.6 is 0 Å². The Labute approximate surface area is 102 Å². The van der Waals surface area contributed by atoms with Crippen molar-refractivity contribution in [3.05, 3.63) is 23.8 Å². The molecule has 0 heterocycles. The third kappa shape index (κ3) is 4.15. The Balaban J connectivity index is 2.74. The number of hydrogen-bond donors (Lipinski definition) is 2. The molecule has 0 saturated heterocycles. The average molecular weight is 262 g/mol. The van der Waals surface area contributed by atoms with Gasteiger partial charge in [0.25, 0.3) is 0 Å². The van der Waals surface area contributed by atoms with Crippen molar-refractivity contribution >= 4 is 5.84 Å². The Morgan fingerprint density at radius 2 is 2.00 bits per heavy atom. The number of hydrogen-bond acceptors (Lipinski definition) is 3. The van der Waals surface area contributed by atoms with Crippen molar-refractivity contribution in [2.45, 2.75) is 12.6 Å². The lowest BCUT2D eigenvalue weighted by Gasteiger charge is -2.12. The van der Waals surface area contributed by atoms with Crippen molar-refractivity contribution in [3.8, 4) is 11.5 Å². The Kier molecular flexibility index (Phi) is 4.41. The number of ether oxygens (including phenoxy) is 2. The Morgan fingerprint density at radius 3 is 2.50 bits per heavy atom. The molecule has 0 unspecified atom stereocenters. The van der Waals surface area contributed by atoms with Gasteiger partial charge in [0.1, 0.15) is 5.84 Å². The summed E-state index contributed by atoms with van der Waals surface area (Å²) >= 11 is 0. The second-order valence-electron chi connectivity index (χ2n) is 3.49. The maximum atomic E-state index is 12.0. The van der Waals surface area contributed by atoms with E-state index in [-0.39, 0.29) is 17.3 Å². The summed E-state index contributed by atoms with van der Waals surface area (Å²) < 4.78 is 45.8. The second-order valence-corrected chi connectivity index (χ2v) is 3.49. The number of alkyl halides is 3. The molecule has 18 heavy (non-hydrogen) atoms. The highest BCUT2D eigenvalue weighted by atomic mass is 19.4. The Hall–Kier alpha value is -1.92. The largest absolute Gasteiger partial charge is 0.493 e. The predicted octanol–water partition coefficient (Wildman–Crippen LogP) is 2.31. The van der Waals surface area contributed by atoms with Crippen LogP contribution in [0.2, 0.25) is 0 Å². The van der Waals surface area contributed by atoms with Crippen LogP contribution < -0.4 is 15.2 Å². The zero-order valence-electron chi connectivity index (χ0n) is 9.67. The second kappa shape index (κ2) is 5.61. The molecule has 0 amide bonds. The Morgan fingerprint density at radius 1 is 1.33 bits per heavy atom. The molecular weight excluding hydrogens is 249 g/mol. The molecule has 1 aromatic carbocycles. The van der Waals surface area contributed by atoms with E-state index in [4.69, 9.17) is 20.6 Å². The van der Waals surface area contributed by atoms with Gasteiger partial charge in [-0.15, -0.1) is 0 Å². The molecule has 1 aromatic rings. The number of methoxy groups -OCH3 is 1. The molecule has 0 saturated carbocycles. The number of rotatable bonds is 5. The lowest BCUT2D eigenvalue weighted by molar-refractivity contribution is -0.139. The van der Waals surface area contributed by atoms with Gasteiger partial charge in [-0.05, 0) is 18.2 Å². The smallest absolute Gasteiger partial charge is 0.392 e. The van der Waals surface area contributed by atoms with Gasteiger partial charge in [-0.25, -0.2) is 0 Å². The van der Waals surface area contributed by atoms with E-state index in [2.05, 4.69) is 0 Å². The van der Waals surface area contributed by atoms with Gasteiger partial charge in [-0.1, -0.05) is 0 Å². The molecule has 3 N–H and O–H groups in total. The molecule has 0 radical (unpaired) electrons. The summed E-state index contributed by atoms with van der Waals surface area (Å²) in [6, 6.07) is 4.34. The lowest BCUT2D eigenvalue weighted by atomic mass is 10.2. The molecule has 0 fully saturated rings. The minimum absolute atomic E-state index is 0.157. The molecule has 0 atom stereocenters. The van der Waals surface area contributed by atoms with E-state index in [0.29, 0.717) is 5.56 Å². The van der Waals surface area contributed by atoms with E-state index >= 15 is 0 Å². The van der Waals surface area contributed by atoms with E-state index in [0.717, 1.165) is 0 Å². The van der Waals surface area contributed by atoms with Gasteiger partial charge in [0.05, 0.1) is 20.1 Å². The van der Waals surface area contributed by atoms with Crippen molar-refractivity contribution in [2.24, 2.45) is 5.73 Å². The first kappa shape index (κ1) is 14.1. The summed E-state index contributed by atoms with van der Waals surface area (Å²) in [5.41, 5.74) is 5.69. The van der Waals surface area contributed by atoms with Crippen molar-refractivity contribution < 1.29 is 22.6 Å². The summed E-state index contributed by atoms with van der Waals surface area (Å²) in [5.74, 6) is 0.270. The summed E-state index contributed by atoms with van der Waals surface area (Å²) in [6.07, 6.45) is -5.29. The molecule has 0 bridgehead atoms. The van der Waals surface area contributed by atoms with Gasteiger partial charge >= 0.3 is 6.18 Å². The predicted molar refractivity (Wildman–Crippen MR) is 60.2 cm³/mol. The maximum Gasteiger partial charge on any atom is 0.392 e. The fourth-order valence-corrected chi connectivity index (χ4v) is 1.23. The normalized spacial score (nSPS) is 11.1. The first-order valence-corrected chi connectivity index (χ1v) is 5.05. The number of nitrogen functional groups attached to an aromatic ring is 1. The third-order valence-electron chi connectivity index (χ3n) is 2.12. The minimum Gasteiger partial charge on any atom is -0.493 e. The van der Waals surface area contributed by atoms with Crippen LogP contribution in [0.1, 0.15) is 12.0 Å². The minimum atomic E-state index is -4.26. The van der Waals surface area contributed by atoms with Gasteiger partial charge in [0.15, 0.2) is 11.5 Å². The summed E-state index contributed by atoms with van der Waals surface area (Å²) in [4.78, 5) is 0. The molecule has 4 nitrogen and oxygen atoms in total. The highest BCUT2D eigenvalue weighted by molar-refractivity contribution is 5.95. The molecule has 7 heteroatoms. The first-order chi connectivity index (χ1) is 8.33. The molecule has 0 aliphatic heterocycles. The molecule has 1 rings (SSSR count).